The number of rotatable bonds is 3. The van der Waals surface area contributed by atoms with Crippen molar-refractivity contribution in [3.8, 4) is 10.6 Å². The topological polar surface area (TPSA) is 82.6 Å². The van der Waals surface area contributed by atoms with E-state index < -0.39 is 5.54 Å². The molecule has 2 fully saturated rings. The average Bonchev–Trinajstić information content (AvgIpc) is 3.23. The molecule has 0 unspecified atom stereocenters. The minimum Gasteiger partial charge on any atom is -0.342 e. The second-order valence-corrected chi connectivity index (χ2v) is 7.80. The Balaban J connectivity index is 1.37. The molecular formula is C19H20N4O3S. The first kappa shape index (κ1) is 17.7. The number of carbonyl (C=O) groups is 3. The Morgan fingerprint density at radius 3 is 2.56 bits per heavy atom. The lowest BCUT2D eigenvalue weighted by molar-refractivity contribution is -0.137. The van der Waals surface area contributed by atoms with Crippen LogP contribution >= 0.6 is 11.3 Å². The fourth-order valence-corrected chi connectivity index (χ4v) is 4.43. The van der Waals surface area contributed by atoms with E-state index in [2.05, 4.69) is 10.3 Å². The third-order valence-corrected chi connectivity index (χ3v) is 6.18. The molecule has 1 aromatic carbocycles. The molecule has 1 spiro atoms. The summed E-state index contributed by atoms with van der Waals surface area (Å²) < 4.78 is 0. The summed E-state index contributed by atoms with van der Waals surface area (Å²) in [5, 5.41) is 5.61. The molecule has 4 rings (SSSR count). The van der Waals surface area contributed by atoms with Gasteiger partial charge in [0.1, 0.15) is 10.5 Å². The van der Waals surface area contributed by atoms with Gasteiger partial charge in [-0.15, -0.1) is 11.3 Å². The summed E-state index contributed by atoms with van der Waals surface area (Å²) in [6.45, 7) is 0.906. The van der Waals surface area contributed by atoms with Gasteiger partial charge in [0.05, 0.1) is 12.1 Å². The van der Waals surface area contributed by atoms with Crippen molar-refractivity contribution in [3.05, 3.63) is 41.4 Å². The molecule has 1 N–H and O–H groups in total. The van der Waals surface area contributed by atoms with E-state index in [1.54, 1.807) is 4.90 Å². The molecule has 0 saturated carbocycles. The van der Waals surface area contributed by atoms with Crippen LogP contribution in [0.5, 0.6) is 0 Å². The van der Waals surface area contributed by atoms with E-state index in [0.29, 0.717) is 25.9 Å². The normalized spacial score (nSPS) is 18.9. The van der Waals surface area contributed by atoms with Crippen LogP contribution < -0.4 is 5.32 Å². The summed E-state index contributed by atoms with van der Waals surface area (Å²) in [5.41, 5.74) is 0.957. The van der Waals surface area contributed by atoms with E-state index >= 15 is 0 Å². The number of hydrogen-bond donors (Lipinski definition) is 1. The summed E-state index contributed by atoms with van der Waals surface area (Å²) in [6, 6.07) is 9.52. The quantitative estimate of drug-likeness (QED) is 0.820. The number of nitrogens with zero attached hydrogens (tertiary/aromatic N) is 3. The highest BCUT2D eigenvalue weighted by Gasteiger charge is 2.51. The third kappa shape index (κ3) is 3.21. The van der Waals surface area contributed by atoms with Crippen LogP contribution in [0.4, 0.5) is 4.79 Å². The van der Waals surface area contributed by atoms with Gasteiger partial charge in [0.2, 0.25) is 5.91 Å². The van der Waals surface area contributed by atoms with Crippen LogP contribution in [0.1, 0.15) is 18.5 Å². The van der Waals surface area contributed by atoms with Crippen LogP contribution in [0.3, 0.4) is 0 Å². The summed E-state index contributed by atoms with van der Waals surface area (Å²) >= 11 is 1.53. The van der Waals surface area contributed by atoms with E-state index in [1.165, 1.54) is 18.4 Å². The summed E-state index contributed by atoms with van der Waals surface area (Å²) in [7, 11) is 1.48. The molecule has 140 valence electrons. The summed E-state index contributed by atoms with van der Waals surface area (Å²) in [6.07, 6.45) is 1.14. The molecule has 1 aromatic heterocycles. The number of aromatic nitrogens is 1. The molecule has 0 radical (unpaired) electrons. The number of benzene rings is 1. The van der Waals surface area contributed by atoms with Gasteiger partial charge in [0.25, 0.3) is 5.91 Å². The molecule has 2 aliphatic rings. The lowest BCUT2D eigenvalue weighted by Crippen LogP contribution is -2.56. The molecular weight excluding hydrogens is 364 g/mol. The predicted octanol–water partition coefficient (Wildman–Crippen LogP) is 1.90. The van der Waals surface area contributed by atoms with E-state index in [0.717, 1.165) is 21.2 Å². The first-order valence-electron chi connectivity index (χ1n) is 8.86. The van der Waals surface area contributed by atoms with Crippen LogP contribution in [0.25, 0.3) is 10.6 Å². The van der Waals surface area contributed by atoms with E-state index in [-0.39, 0.29) is 24.3 Å². The van der Waals surface area contributed by atoms with Gasteiger partial charge in [-0.05, 0) is 12.8 Å². The number of likely N-dealkylation sites (N-methyl/N-ethyl adjacent to an activating group) is 1. The zero-order valence-corrected chi connectivity index (χ0v) is 15.8. The highest BCUT2D eigenvalue weighted by Crippen LogP contribution is 2.29. The fraction of sp³-hybridized carbons (Fsp3) is 0.368. The minimum absolute atomic E-state index is 0.000103. The maximum atomic E-state index is 12.6. The van der Waals surface area contributed by atoms with E-state index in [9.17, 15) is 14.4 Å². The van der Waals surface area contributed by atoms with Crippen molar-refractivity contribution in [1.82, 2.24) is 20.1 Å². The van der Waals surface area contributed by atoms with Gasteiger partial charge < -0.3 is 10.2 Å². The number of hydrogen-bond acceptors (Lipinski definition) is 5. The van der Waals surface area contributed by atoms with Crippen molar-refractivity contribution in [3.63, 3.8) is 0 Å². The van der Waals surface area contributed by atoms with Crippen molar-refractivity contribution >= 4 is 29.2 Å². The molecule has 2 aromatic rings. The molecule has 4 amide bonds. The van der Waals surface area contributed by atoms with Gasteiger partial charge in [0, 0.05) is 31.1 Å². The van der Waals surface area contributed by atoms with E-state index in [4.69, 9.17) is 0 Å². The first-order valence-corrected chi connectivity index (χ1v) is 9.74. The molecule has 7 nitrogen and oxygen atoms in total. The third-order valence-electron chi connectivity index (χ3n) is 5.24. The van der Waals surface area contributed by atoms with Gasteiger partial charge in [-0.1, -0.05) is 30.3 Å². The summed E-state index contributed by atoms with van der Waals surface area (Å²) in [5.74, 6) is -0.202. The minimum atomic E-state index is -0.844. The molecule has 8 heteroatoms. The Morgan fingerprint density at radius 1 is 1.22 bits per heavy atom. The molecule has 0 aliphatic carbocycles. The van der Waals surface area contributed by atoms with Crippen molar-refractivity contribution in [2.75, 3.05) is 20.1 Å². The number of likely N-dealkylation sites (tertiary alicyclic amines) is 1. The van der Waals surface area contributed by atoms with Gasteiger partial charge >= 0.3 is 6.03 Å². The van der Waals surface area contributed by atoms with Crippen LogP contribution in [0, 0.1) is 0 Å². The smallest absolute Gasteiger partial charge is 0.324 e. The van der Waals surface area contributed by atoms with Crippen molar-refractivity contribution < 1.29 is 14.4 Å². The molecule has 27 heavy (non-hydrogen) atoms. The second kappa shape index (κ2) is 6.77. The Bertz CT molecular complexity index is 887. The Labute approximate surface area is 161 Å². The number of nitrogens with one attached hydrogen (secondary N) is 1. The summed E-state index contributed by atoms with van der Waals surface area (Å²) in [4.78, 5) is 44.2. The van der Waals surface area contributed by atoms with Crippen LogP contribution in [-0.2, 0) is 16.0 Å². The Morgan fingerprint density at radius 2 is 1.93 bits per heavy atom. The standard InChI is InChI=1S/C19H20N4O3S/c1-22-17(25)19(21-18(22)26)7-9-23(10-8-19)15(24)11-14-12-27-16(20-14)13-5-3-2-4-6-13/h2-6,12H,7-11H2,1H3,(H,21,26). The van der Waals surface area contributed by atoms with Crippen molar-refractivity contribution in [2.24, 2.45) is 0 Å². The highest BCUT2D eigenvalue weighted by atomic mass is 32.1. The fourth-order valence-electron chi connectivity index (χ4n) is 3.60. The first-order chi connectivity index (χ1) is 13.0. The number of amides is 4. The number of imide groups is 1. The van der Waals surface area contributed by atoms with E-state index in [1.807, 2.05) is 35.7 Å². The average molecular weight is 384 g/mol. The zero-order chi connectivity index (χ0) is 19.0. The lowest BCUT2D eigenvalue weighted by atomic mass is 9.87. The largest absolute Gasteiger partial charge is 0.342 e. The van der Waals surface area contributed by atoms with Crippen LogP contribution in [0.2, 0.25) is 0 Å². The Kier molecular flexibility index (Phi) is 4.43. The number of thiazole rings is 1. The molecule has 0 bridgehead atoms. The maximum absolute atomic E-state index is 12.6. The predicted molar refractivity (Wildman–Crippen MR) is 101 cm³/mol. The zero-order valence-electron chi connectivity index (χ0n) is 15.0. The van der Waals surface area contributed by atoms with Gasteiger partial charge in [0.15, 0.2) is 0 Å². The molecule has 3 heterocycles. The van der Waals surface area contributed by atoms with Crippen molar-refractivity contribution in [1.29, 1.82) is 0 Å². The number of piperidine rings is 1. The van der Waals surface area contributed by atoms with Crippen LogP contribution in [-0.4, -0.2) is 58.3 Å². The highest BCUT2D eigenvalue weighted by molar-refractivity contribution is 7.13. The SMILES string of the molecule is CN1C(=O)NC2(CCN(C(=O)Cc3csc(-c4ccccc4)n3)CC2)C1=O. The number of carbonyl (C=O) groups excluding carboxylic acids is 3. The molecule has 2 aliphatic heterocycles. The monoisotopic (exact) mass is 384 g/mol. The van der Waals surface area contributed by atoms with Crippen molar-refractivity contribution in [2.45, 2.75) is 24.8 Å². The van der Waals surface area contributed by atoms with Gasteiger partial charge in [-0.3, -0.25) is 14.5 Å². The molecule has 0 atom stereocenters. The molecule has 2 saturated heterocycles. The van der Waals surface area contributed by atoms with Gasteiger partial charge in [-0.25, -0.2) is 9.78 Å². The maximum Gasteiger partial charge on any atom is 0.324 e. The lowest BCUT2D eigenvalue weighted by Gasteiger charge is -2.37. The second-order valence-electron chi connectivity index (χ2n) is 6.94. The van der Waals surface area contributed by atoms with Gasteiger partial charge in [-0.2, -0.15) is 0 Å². The van der Waals surface area contributed by atoms with Crippen LogP contribution in [0.15, 0.2) is 35.7 Å². The Hall–Kier alpha value is -2.74. The number of urea groups is 1.